The van der Waals surface area contributed by atoms with E-state index in [1.54, 1.807) is 7.11 Å². The maximum Gasteiger partial charge on any atom is 0.262 e. The van der Waals surface area contributed by atoms with Crippen molar-refractivity contribution in [2.75, 3.05) is 32.2 Å². The van der Waals surface area contributed by atoms with Gasteiger partial charge in [-0.1, -0.05) is 33.6 Å². The van der Waals surface area contributed by atoms with Gasteiger partial charge >= 0.3 is 0 Å². The Kier molecular flexibility index (Phi) is 10.1. The lowest BCUT2D eigenvalue weighted by Gasteiger charge is -2.15. The number of ether oxygens (including phenoxy) is 3. The van der Waals surface area contributed by atoms with Gasteiger partial charge in [0.05, 0.1) is 13.2 Å². The maximum absolute atomic E-state index is 12.2. The molecule has 0 aliphatic rings. The van der Waals surface area contributed by atoms with Crippen molar-refractivity contribution in [1.82, 2.24) is 5.32 Å². The third-order valence-corrected chi connectivity index (χ3v) is 5.03. The topological polar surface area (TPSA) is 68.8 Å². The lowest BCUT2D eigenvalue weighted by atomic mass is 10.2. The molecule has 0 unspecified atom stereocenters. The molecule has 0 atom stereocenters. The number of amides is 1. The van der Waals surface area contributed by atoms with E-state index in [-0.39, 0.29) is 18.6 Å². The van der Waals surface area contributed by atoms with Crippen LogP contribution in [0.2, 0.25) is 0 Å². The molecule has 2 aromatic carbocycles. The minimum absolute atomic E-state index is 0.107. The highest BCUT2D eigenvalue weighted by Gasteiger charge is 2.12. The maximum atomic E-state index is 12.2. The third-order valence-electron chi connectivity index (χ3n) is 4.29. The van der Waals surface area contributed by atoms with Crippen molar-refractivity contribution in [3.63, 3.8) is 0 Å². The molecule has 6 nitrogen and oxygen atoms in total. The molecule has 0 aromatic heterocycles. The zero-order valence-electron chi connectivity index (χ0n) is 18.1. The number of carbonyl (C=O) groups excluding carboxylic acids is 1. The second kappa shape index (κ2) is 12.6. The van der Waals surface area contributed by atoms with Crippen molar-refractivity contribution >= 4 is 27.5 Å². The Hall–Kier alpha value is -2.09. The Labute approximate surface area is 187 Å². The van der Waals surface area contributed by atoms with Gasteiger partial charge in [0, 0.05) is 23.3 Å². The lowest BCUT2D eigenvalue weighted by molar-refractivity contribution is -0.118. The molecule has 0 heterocycles. The molecule has 0 fully saturated rings. The largest absolute Gasteiger partial charge is 0.493 e. The van der Waals surface area contributed by atoms with Crippen molar-refractivity contribution in [3.8, 4) is 11.5 Å². The number of methoxy groups -OCH3 is 1. The van der Waals surface area contributed by atoms with Gasteiger partial charge in [-0.25, -0.2) is 0 Å². The zero-order valence-corrected chi connectivity index (χ0v) is 19.7. The van der Waals surface area contributed by atoms with Gasteiger partial charge < -0.3 is 24.8 Å². The molecular weight excluding hydrogens is 448 g/mol. The van der Waals surface area contributed by atoms with Crippen LogP contribution in [-0.4, -0.2) is 38.9 Å². The van der Waals surface area contributed by atoms with Crippen LogP contribution in [0.1, 0.15) is 31.4 Å². The second-order valence-corrected chi connectivity index (χ2v) is 8.10. The molecule has 0 bridgehead atoms. The molecule has 0 saturated heterocycles. The highest BCUT2D eigenvalue weighted by molar-refractivity contribution is 9.10. The Balaban J connectivity index is 1.86. The van der Waals surface area contributed by atoms with Crippen molar-refractivity contribution in [2.24, 2.45) is 0 Å². The van der Waals surface area contributed by atoms with Gasteiger partial charge in [0.25, 0.3) is 5.91 Å². The van der Waals surface area contributed by atoms with E-state index in [1.165, 1.54) is 0 Å². The van der Waals surface area contributed by atoms with E-state index < -0.39 is 0 Å². The van der Waals surface area contributed by atoms with Gasteiger partial charge in [-0.05, 0) is 63.6 Å². The first kappa shape index (κ1) is 24.2. The Morgan fingerprint density at radius 1 is 1.13 bits per heavy atom. The van der Waals surface area contributed by atoms with Crippen LogP contribution in [0.5, 0.6) is 11.5 Å². The van der Waals surface area contributed by atoms with Crippen LogP contribution in [0, 0.1) is 6.92 Å². The van der Waals surface area contributed by atoms with Crippen LogP contribution in [0.4, 0.5) is 5.69 Å². The number of rotatable bonds is 12. The molecule has 2 aromatic rings. The summed E-state index contributed by atoms with van der Waals surface area (Å²) in [6.07, 6.45) is 1.21. The van der Waals surface area contributed by atoms with Crippen LogP contribution in [0.25, 0.3) is 0 Å². The molecule has 0 spiro atoms. The summed E-state index contributed by atoms with van der Waals surface area (Å²) in [6, 6.07) is 11.4. The summed E-state index contributed by atoms with van der Waals surface area (Å²) in [5.74, 6) is 0.866. The van der Waals surface area contributed by atoms with Gasteiger partial charge in [0.2, 0.25) is 0 Å². The number of hydrogen-bond donors (Lipinski definition) is 2. The first-order valence-electron chi connectivity index (χ1n) is 10.1. The van der Waals surface area contributed by atoms with E-state index in [1.807, 2.05) is 57.2 Å². The quantitative estimate of drug-likeness (QED) is 0.433. The zero-order chi connectivity index (χ0) is 21.9. The highest BCUT2D eigenvalue weighted by atomic mass is 79.9. The fourth-order valence-corrected chi connectivity index (χ4v) is 3.16. The summed E-state index contributed by atoms with van der Waals surface area (Å²) in [6.45, 7) is 8.25. The minimum atomic E-state index is -0.230. The number of halogens is 1. The average Bonchev–Trinajstić information content (AvgIpc) is 2.71. The summed E-state index contributed by atoms with van der Waals surface area (Å²) in [5, 5.41) is 6.22. The van der Waals surface area contributed by atoms with E-state index in [9.17, 15) is 4.79 Å². The van der Waals surface area contributed by atoms with Crippen LogP contribution >= 0.6 is 15.9 Å². The molecule has 30 heavy (non-hydrogen) atoms. The standard InChI is InChI=1S/C23H31BrN2O4/c1-16(2)29-11-5-10-25-14-18-12-21(28-4)22(13-20(18)24)30-15-23(27)26-19-8-6-17(3)7-9-19/h6-9,12-13,16,25H,5,10-11,14-15H2,1-4H3,(H,26,27). The Morgan fingerprint density at radius 3 is 2.53 bits per heavy atom. The van der Waals surface area contributed by atoms with Crippen LogP contribution in [-0.2, 0) is 16.1 Å². The monoisotopic (exact) mass is 478 g/mol. The summed E-state index contributed by atoms with van der Waals surface area (Å²) in [7, 11) is 1.59. The molecule has 7 heteroatoms. The SMILES string of the molecule is COc1cc(CNCCCOC(C)C)c(Br)cc1OCC(=O)Nc1ccc(C)cc1. The van der Waals surface area contributed by atoms with Gasteiger partial charge in [0.1, 0.15) is 0 Å². The van der Waals surface area contributed by atoms with Crippen molar-refractivity contribution in [1.29, 1.82) is 0 Å². The first-order valence-corrected chi connectivity index (χ1v) is 10.9. The fourth-order valence-electron chi connectivity index (χ4n) is 2.70. The van der Waals surface area contributed by atoms with E-state index >= 15 is 0 Å². The molecule has 2 N–H and O–H groups in total. The van der Waals surface area contributed by atoms with Crippen molar-refractivity contribution in [2.45, 2.75) is 39.8 Å². The number of benzene rings is 2. The van der Waals surface area contributed by atoms with E-state index in [0.717, 1.165) is 40.9 Å². The number of carbonyl (C=O) groups is 1. The predicted octanol–water partition coefficient (Wildman–Crippen LogP) is 4.69. The summed E-state index contributed by atoms with van der Waals surface area (Å²) in [5.41, 5.74) is 2.92. The minimum Gasteiger partial charge on any atom is -0.493 e. The lowest BCUT2D eigenvalue weighted by Crippen LogP contribution is -2.20. The van der Waals surface area contributed by atoms with E-state index in [4.69, 9.17) is 14.2 Å². The van der Waals surface area contributed by atoms with Gasteiger partial charge in [0.15, 0.2) is 18.1 Å². The van der Waals surface area contributed by atoms with Gasteiger partial charge in [-0.15, -0.1) is 0 Å². The molecule has 0 aliphatic carbocycles. The summed E-state index contributed by atoms with van der Waals surface area (Å²) in [4.78, 5) is 12.2. The highest BCUT2D eigenvalue weighted by Crippen LogP contribution is 2.33. The number of hydrogen-bond acceptors (Lipinski definition) is 5. The van der Waals surface area contributed by atoms with E-state index in [2.05, 4.69) is 26.6 Å². The first-order chi connectivity index (χ1) is 14.4. The normalized spacial score (nSPS) is 10.9. The molecule has 164 valence electrons. The Bertz CT molecular complexity index is 810. The molecule has 0 aliphatic heterocycles. The van der Waals surface area contributed by atoms with Gasteiger partial charge in [-0.3, -0.25) is 4.79 Å². The van der Waals surface area contributed by atoms with Crippen LogP contribution < -0.4 is 20.1 Å². The van der Waals surface area contributed by atoms with Crippen LogP contribution in [0.15, 0.2) is 40.9 Å². The molecule has 0 saturated carbocycles. The molecule has 2 rings (SSSR count). The van der Waals surface area contributed by atoms with Crippen LogP contribution in [0.3, 0.4) is 0 Å². The Morgan fingerprint density at radius 2 is 1.87 bits per heavy atom. The summed E-state index contributed by atoms with van der Waals surface area (Å²) >= 11 is 3.58. The third kappa shape index (κ3) is 8.34. The molecular formula is C23H31BrN2O4. The van der Waals surface area contributed by atoms with Crippen molar-refractivity contribution < 1.29 is 19.0 Å². The fraction of sp³-hybridized carbons (Fsp3) is 0.435. The predicted molar refractivity (Wildman–Crippen MR) is 123 cm³/mol. The van der Waals surface area contributed by atoms with Crippen molar-refractivity contribution in [3.05, 3.63) is 52.0 Å². The smallest absolute Gasteiger partial charge is 0.262 e. The van der Waals surface area contributed by atoms with E-state index in [0.29, 0.717) is 18.0 Å². The number of aryl methyl sites for hydroxylation is 1. The number of anilines is 1. The summed E-state index contributed by atoms with van der Waals surface area (Å²) < 4.78 is 17.6. The molecule has 1 amide bonds. The second-order valence-electron chi connectivity index (χ2n) is 7.25. The molecule has 0 radical (unpaired) electrons. The number of nitrogens with one attached hydrogen (secondary N) is 2. The average molecular weight is 479 g/mol. The van der Waals surface area contributed by atoms with Gasteiger partial charge in [-0.2, -0.15) is 0 Å².